The van der Waals surface area contributed by atoms with Gasteiger partial charge in [0.15, 0.2) is 11.3 Å². The SMILES string of the molecule is O=C(CC1CC(F)(F)C1)NCc1cnn2cc(CNC(=O)c3nonc3C(F)F)nc2c1. The Labute approximate surface area is 177 Å². The summed E-state index contributed by atoms with van der Waals surface area (Å²) in [5.74, 6) is -4.17. The van der Waals surface area contributed by atoms with Crippen molar-refractivity contribution in [1.82, 2.24) is 35.5 Å². The molecule has 3 aromatic heterocycles. The van der Waals surface area contributed by atoms with Gasteiger partial charge in [0.05, 0.1) is 24.6 Å². The minimum absolute atomic E-state index is 0.0484. The van der Waals surface area contributed by atoms with Crippen LogP contribution in [0, 0.1) is 5.92 Å². The van der Waals surface area contributed by atoms with E-state index < -0.39 is 29.6 Å². The van der Waals surface area contributed by atoms with Crippen molar-refractivity contribution >= 4 is 17.5 Å². The van der Waals surface area contributed by atoms with Crippen LogP contribution in [0.1, 0.15) is 53.1 Å². The topological polar surface area (TPSA) is 127 Å². The van der Waals surface area contributed by atoms with E-state index in [2.05, 4.69) is 35.7 Å². The van der Waals surface area contributed by atoms with Crippen LogP contribution >= 0.6 is 0 Å². The Hall–Kier alpha value is -3.58. The molecule has 1 saturated carbocycles. The fraction of sp³-hybridized carbons (Fsp3) is 0.444. The van der Waals surface area contributed by atoms with Gasteiger partial charge in [-0.05, 0) is 27.9 Å². The van der Waals surface area contributed by atoms with Crippen molar-refractivity contribution < 1.29 is 31.8 Å². The molecular formula is C18H17F4N7O3. The van der Waals surface area contributed by atoms with E-state index in [9.17, 15) is 27.2 Å². The van der Waals surface area contributed by atoms with Crippen molar-refractivity contribution in [3.63, 3.8) is 0 Å². The first-order valence-electron chi connectivity index (χ1n) is 9.57. The van der Waals surface area contributed by atoms with Gasteiger partial charge in [0.25, 0.3) is 12.3 Å². The highest BCUT2D eigenvalue weighted by Crippen LogP contribution is 2.43. The molecule has 1 aliphatic carbocycles. The van der Waals surface area contributed by atoms with Crippen LogP contribution in [0.3, 0.4) is 0 Å². The fourth-order valence-corrected chi connectivity index (χ4v) is 3.36. The van der Waals surface area contributed by atoms with E-state index in [-0.39, 0.29) is 44.2 Å². The molecule has 2 N–H and O–H groups in total. The van der Waals surface area contributed by atoms with Gasteiger partial charge in [0.2, 0.25) is 17.5 Å². The largest absolute Gasteiger partial charge is 0.352 e. The van der Waals surface area contributed by atoms with Crippen molar-refractivity contribution in [2.45, 2.75) is 44.7 Å². The molecule has 0 bridgehead atoms. The summed E-state index contributed by atoms with van der Waals surface area (Å²) >= 11 is 0. The molecule has 0 spiro atoms. The highest BCUT2D eigenvalue weighted by atomic mass is 19.3. The number of carbonyl (C=O) groups excluding carboxylic acids is 2. The second kappa shape index (κ2) is 8.51. The van der Waals surface area contributed by atoms with Crippen molar-refractivity contribution in [3.8, 4) is 0 Å². The second-order valence-corrected chi connectivity index (χ2v) is 7.49. The van der Waals surface area contributed by atoms with E-state index in [0.29, 0.717) is 16.9 Å². The van der Waals surface area contributed by atoms with Gasteiger partial charge in [-0.3, -0.25) is 9.59 Å². The van der Waals surface area contributed by atoms with Gasteiger partial charge in [-0.2, -0.15) is 5.10 Å². The summed E-state index contributed by atoms with van der Waals surface area (Å²) in [6.07, 6.45) is -0.452. The molecule has 4 rings (SSSR count). The quantitative estimate of drug-likeness (QED) is 0.498. The lowest BCUT2D eigenvalue weighted by Crippen LogP contribution is -2.38. The molecule has 0 aliphatic heterocycles. The maximum absolute atomic E-state index is 12.8. The molecule has 0 atom stereocenters. The van der Waals surface area contributed by atoms with Crippen molar-refractivity contribution in [3.05, 3.63) is 41.1 Å². The summed E-state index contributed by atoms with van der Waals surface area (Å²) in [6.45, 7) is 0.0652. The number of nitrogens with one attached hydrogen (secondary N) is 2. The third-order valence-electron chi connectivity index (χ3n) is 4.93. The first-order chi connectivity index (χ1) is 15.2. The Morgan fingerprint density at radius 3 is 2.72 bits per heavy atom. The van der Waals surface area contributed by atoms with Crippen molar-refractivity contribution in [2.24, 2.45) is 5.92 Å². The zero-order valence-corrected chi connectivity index (χ0v) is 16.4. The maximum Gasteiger partial charge on any atom is 0.286 e. The predicted octanol–water partition coefficient (Wildman–Crippen LogP) is 2.03. The normalized spacial score (nSPS) is 15.7. The van der Waals surface area contributed by atoms with E-state index in [0.717, 1.165) is 0 Å². The molecule has 0 aromatic carbocycles. The molecule has 14 heteroatoms. The molecule has 0 saturated heterocycles. The van der Waals surface area contributed by atoms with Gasteiger partial charge in [0, 0.05) is 25.8 Å². The van der Waals surface area contributed by atoms with Crippen LogP contribution in [-0.2, 0) is 17.9 Å². The van der Waals surface area contributed by atoms with Gasteiger partial charge in [-0.1, -0.05) is 0 Å². The average Bonchev–Trinajstić information content (AvgIpc) is 3.35. The molecule has 1 aliphatic rings. The van der Waals surface area contributed by atoms with E-state index in [1.165, 1.54) is 16.9 Å². The number of carbonyl (C=O) groups is 2. The standard InChI is InChI=1S/C18H17F4N7O3/c19-16(20)14-15(28-32-27-14)17(31)24-7-11-8-29-12(26-11)1-10(6-25-29)5-23-13(30)2-9-3-18(21,22)4-9/h1,6,8-9,16H,2-5,7H2,(H,23,30)(H,24,31). The van der Waals surface area contributed by atoms with E-state index in [4.69, 9.17) is 0 Å². The summed E-state index contributed by atoms with van der Waals surface area (Å²) in [5.41, 5.74) is 0.00707. The Morgan fingerprint density at radius 1 is 1.22 bits per heavy atom. The van der Waals surface area contributed by atoms with Gasteiger partial charge < -0.3 is 10.6 Å². The predicted molar refractivity (Wildman–Crippen MR) is 97.5 cm³/mol. The zero-order valence-electron chi connectivity index (χ0n) is 16.4. The summed E-state index contributed by atoms with van der Waals surface area (Å²) < 4.78 is 56.8. The number of rotatable bonds is 8. The molecule has 0 unspecified atom stereocenters. The molecule has 1 fully saturated rings. The number of amides is 2. The van der Waals surface area contributed by atoms with Crippen LogP contribution in [-0.4, -0.2) is 42.6 Å². The van der Waals surface area contributed by atoms with Crippen LogP contribution in [0.15, 0.2) is 23.1 Å². The summed E-state index contributed by atoms with van der Waals surface area (Å²) in [6, 6.07) is 1.66. The molecule has 3 aromatic rings. The van der Waals surface area contributed by atoms with Crippen LogP contribution in [0.5, 0.6) is 0 Å². The summed E-state index contributed by atoms with van der Waals surface area (Å²) in [5, 5.41) is 15.4. The fourth-order valence-electron chi connectivity index (χ4n) is 3.36. The molecular weight excluding hydrogens is 438 g/mol. The lowest BCUT2D eigenvalue weighted by molar-refractivity contribution is -0.133. The third-order valence-corrected chi connectivity index (χ3v) is 4.93. The Kier molecular flexibility index (Phi) is 5.76. The first kappa shape index (κ1) is 21.6. The van der Waals surface area contributed by atoms with Crippen molar-refractivity contribution in [1.29, 1.82) is 0 Å². The van der Waals surface area contributed by atoms with Gasteiger partial charge in [0.1, 0.15) is 0 Å². The number of halogens is 4. The molecule has 3 heterocycles. The molecule has 10 nitrogen and oxygen atoms in total. The number of hydrogen-bond acceptors (Lipinski definition) is 7. The molecule has 170 valence electrons. The smallest absolute Gasteiger partial charge is 0.286 e. The van der Waals surface area contributed by atoms with Crippen molar-refractivity contribution in [2.75, 3.05) is 0 Å². The average molecular weight is 455 g/mol. The maximum atomic E-state index is 12.8. The number of alkyl halides is 4. The van der Waals surface area contributed by atoms with E-state index >= 15 is 0 Å². The Balaban J connectivity index is 1.31. The second-order valence-electron chi connectivity index (χ2n) is 7.49. The highest BCUT2D eigenvalue weighted by molar-refractivity contribution is 5.93. The van der Waals surface area contributed by atoms with Crippen LogP contribution < -0.4 is 10.6 Å². The number of aromatic nitrogens is 5. The molecule has 0 radical (unpaired) electrons. The number of nitrogens with zero attached hydrogens (tertiary/aromatic N) is 5. The third kappa shape index (κ3) is 4.84. The number of imidazole rings is 1. The van der Waals surface area contributed by atoms with Gasteiger partial charge in [-0.25, -0.2) is 31.7 Å². The van der Waals surface area contributed by atoms with Crippen LogP contribution in [0.2, 0.25) is 0 Å². The Morgan fingerprint density at radius 2 is 2.00 bits per heavy atom. The minimum Gasteiger partial charge on any atom is -0.352 e. The molecule has 2 amide bonds. The van der Waals surface area contributed by atoms with Crippen LogP contribution in [0.25, 0.3) is 5.65 Å². The van der Waals surface area contributed by atoms with E-state index in [1.54, 1.807) is 6.07 Å². The minimum atomic E-state index is -3.00. The van der Waals surface area contributed by atoms with Gasteiger partial charge >= 0.3 is 0 Å². The number of fused-ring (bicyclic) bond motifs is 1. The summed E-state index contributed by atoms with van der Waals surface area (Å²) in [7, 11) is 0. The number of hydrogen-bond donors (Lipinski definition) is 2. The lowest BCUT2D eigenvalue weighted by Gasteiger charge is -2.34. The van der Waals surface area contributed by atoms with Gasteiger partial charge in [-0.15, -0.1) is 0 Å². The summed E-state index contributed by atoms with van der Waals surface area (Å²) in [4.78, 5) is 28.2. The zero-order chi connectivity index (χ0) is 22.9. The highest BCUT2D eigenvalue weighted by Gasteiger charge is 2.45. The van der Waals surface area contributed by atoms with Crippen LogP contribution in [0.4, 0.5) is 17.6 Å². The molecule has 32 heavy (non-hydrogen) atoms. The first-order valence-corrected chi connectivity index (χ1v) is 9.57. The lowest BCUT2D eigenvalue weighted by atomic mass is 9.79. The Bertz CT molecular complexity index is 1140. The van der Waals surface area contributed by atoms with E-state index in [1.807, 2.05) is 0 Å². The monoisotopic (exact) mass is 455 g/mol.